The lowest BCUT2D eigenvalue weighted by Crippen LogP contribution is -1.97. The van der Waals surface area contributed by atoms with E-state index in [1.165, 1.54) is 12.1 Å². The number of ether oxygens (including phenoxy) is 1. The fraction of sp³-hybridized carbons (Fsp3) is 0. The Morgan fingerprint density at radius 1 is 1.11 bits per heavy atom. The molecule has 0 saturated heterocycles. The molecule has 2 aromatic rings. The minimum atomic E-state index is -0.169. The average molecular weight is 317 g/mol. The highest BCUT2D eigenvalue weighted by Crippen LogP contribution is 2.34. The van der Waals surface area contributed by atoms with Gasteiger partial charge >= 0.3 is 0 Å². The topological polar surface area (TPSA) is 46.5 Å². The van der Waals surface area contributed by atoms with Crippen LogP contribution in [0.2, 0.25) is 0 Å². The molecule has 0 atom stereocenters. The van der Waals surface area contributed by atoms with Gasteiger partial charge in [-0.1, -0.05) is 28.1 Å². The SMILES string of the molecule is O=C1/C(=C/c2ccc(Br)cc2)Oc2cc(O)ccc21. The Labute approximate surface area is 118 Å². The number of fused-ring (bicyclic) bond motifs is 1. The molecule has 94 valence electrons. The number of Topliss-reactive ketones (excluding diaryl/α,β-unsaturated/α-hetero) is 1. The second-order valence-electron chi connectivity index (χ2n) is 4.17. The maximum atomic E-state index is 12.1. The second-order valence-corrected chi connectivity index (χ2v) is 5.09. The summed E-state index contributed by atoms with van der Waals surface area (Å²) in [7, 11) is 0. The molecule has 1 N–H and O–H groups in total. The van der Waals surface area contributed by atoms with Crippen LogP contribution in [0, 0.1) is 0 Å². The smallest absolute Gasteiger partial charge is 0.231 e. The predicted molar refractivity (Wildman–Crippen MR) is 75.2 cm³/mol. The Hall–Kier alpha value is -2.07. The van der Waals surface area contributed by atoms with Gasteiger partial charge in [-0.25, -0.2) is 0 Å². The standard InChI is InChI=1S/C15H9BrO3/c16-10-3-1-9(2-4-10)7-14-15(18)12-6-5-11(17)8-13(12)19-14/h1-8,17H/b14-7-. The number of hydrogen-bond acceptors (Lipinski definition) is 3. The van der Waals surface area contributed by atoms with E-state index < -0.39 is 0 Å². The van der Waals surface area contributed by atoms with Gasteiger partial charge in [-0.15, -0.1) is 0 Å². The van der Waals surface area contributed by atoms with Crippen LogP contribution in [0.1, 0.15) is 15.9 Å². The van der Waals surface area contributed by atoms with Crippen LogP contribution in [0.5, 0.6) is 11.5 Å². The minimum absolute atomic E-state index is 0.0800. The van der Waals surface area contributed by atoms with Crippen molar-refractivity contribution in [3.05, 3.63) is 63.8 Å². The number of carbonyl (C=O) groups excluding carboxylic acids is 1. The monoisotopic (exact) mass is 316 g/mol. The van der Waals surface area contributed by atoms with Crippen molar-refractivity contribution in [2.45, 2.75) is 0 Å². The van der Waals surface area contributed by atoms with E-state index in [-0.39, 0.29) is 17.3 Å². The number of ketones is 1. The number of phenolic OH excluding ortho intramolecular Hbond substituents is 1. The zero-order valence-electron chi connectivity index (χ0n) is 9.76. The Morgan fingerprint density at radius 3 is 2.58 bits per heavy atom. The van der Waals surface area contributed by atoms with E-state index in [0.29, 0.717) is 11.3 Å². The maximum Gasteiger partial charge on any atom is 0.231 e. The summed E-state index contributed by atoms with van der Waals surface area (Å²) in [5.74, 6) is 0.575. The molecule has 3 rings (SSSR count). The van der Waals surface area contributed by atoms with Gasteiger partial charge in [0.2, 0.25) is 5.78 Å². The van der Waals surface area contributed by atoms with Gasteiger partial charge < -0.3 is 9.84 Å². The summed E-state index contributed by atoms with van der Waals surface area (Å²) < 4.78 is 6.45. The van der Waals surface area contributed by atoms with E-state index in [4.69, 9.17) is 4.74 Å². The summed E-state index contributed by atoms with van der Waals surface area (Å²) in [5, 5.41) is 9.37. The lowest BCUT2D eigenvalue weighted by Gasteiger charge is -1.99. The largest absolute Gasteiger partial charge is 0.508 e. The van der Waals surface area contributed by atoms with E-state index in [0.717, 1.165) is 10.0 Å². The van der Waals surface area contributed by atoms with Gasteiger partial charge in [0.1, 0.15) is 11.5 Å². The van der Waals surface area contributed by atoms with Crippen LogP contribution in [0.25, 0.3) is 6.08 Å². The first-order chi connectivity index (χ1) is 9.13. The Kier molecular flexibility index (Phi) is 2.87. The summed E-state index contributed by atoms with van der Waals surface area (Å²) in [6.07, 6.45) is 1.69. The van der Waals surface area contributed by atoms with Crippen LogP contribution in [0.4, 0.5) is 0 Å². The highest BCUT2D eigenvalue weighted by molar-refractivity contribution is 9.10. The van der Waals surface area contributed by atoms with Crippen molar-refractivity contribution >= 4 is 27.8 Å². The number of hydrogen-bond donors (Lipinski definition) is 1. The number of carbonyl (C=O) groups is 1. The fourth-order valence-electron chi connectivity index (χ4n) is 1.89. The lowest BCUT2D eigenvalue weighted by molar-refractivity contribution is 0.101. The number of benzene rings is 2. The summed E-state index contributed by atoms with van der Waals surface area (Å²) in [6.45, 7) is 0. The molecule has 0 aliphatic carbocycles. The fourth-order valence-corrected chi connectivity index (χ4v) is 2.15. The zero-order chi connectivity index (χ0) is 13.4. The van der Waals surface area contributed by atoms with E-state index in [9.17, 15) is 9.90 Å². The Morgan fingerprint density at radius 2 is 1.84 bits per heavy atom. The summed E-state index contributed by atoms with van der Waals surface area (Å²) in [4.78, 5) is 12.1. The summed E-state index contributed by atoms with van der Waals surface area (Å²) >= 11 is 3.35. The molecule has 0 fully saturated rings. The second kappa shape index (κ2) is 4.55. The highest BCUT2D eigenvalue weighted by Gasteiger charge is 2.27. The first kappa shape index (κ1) is 12.0. The van der Waals surface area contributed by atoms with E-state index in [2.05, 4.69) is 15.9 Å². The van der Waals surface area contributed by atoms with Gasteiger partial charge in [0.15, 0.2) is 5.76 Å². The number of allylic oxidation sites excluding steroid dienone is 1. The Bertz CT molecular complexity index is 687. The molecule has 0 bridgehead atoms. The molecule has 1 aliphatic rings. The molecular formula is C15H9BrO3. The van der Waals surface area contributed by atoms with Crippen LogP contribution in [0.15, 0.2) is 52.7 Å². The Balaban J connectivity index is 1.97. The van der Waals surface area contributed by atoms with Gasteiger partial charge in [-0.3, -0.25) is 4.79 Å². The van der Waals surface area contributed by atoms with Crippen molar-refractivity contribution in [1.82, 2.24) is 0 Å². The van der Waals surface area contributed by atoms with Crippen molar-refractivity contribution in [3.8, 4) is 11.5 Å². The van der Waals surface area contributed by atoms with Crippen LogP contribution in [-0.4, -0.2) is 10.9 Å². The molecule has 0 radical (unpaired) electrons. The quantitative estimate of drug-likeness (QED) is 0.815. The van der Waals surface area contributed by atoms with E-state index in [1.54, 1.807) is 12.1 Å². The van der Waals surface area contributed by atoms with Crippen LogP contribution >= 0.6 is 15.9 Å². The normalized spacial score (nSPS) is 15.4. The van der Waals surface area contributed by atoms with Gasteiger partial charge in [0.25, 0.3) is 0 Å². The van der Waals surface area contributed by atoms with Crippen LogP contribution in [-0.2, 0) is 0 Å². The minimum Gasteiger partial charge on any atom is -0.508 e. The molecule has 0 saturated carbocycles. The number of rotatable bonds is 1. The third-order valence-electron chi connectivity index (χ3n) is 2.82. The lowest BCUT2D eigenvalue weighted by atomic mass is 10.1. The third-order valence-corrected chi connectivity index (χ3v) is 3.35. The molecule has 2 aromatic carbocycles. The van der Waals surface area contributed by atoms with Gasteiger partial charge in [-0.2, -0.15) is 0 Å². The molecule has 0 amide bonds. The van der Waals surface area contributed by atoms with E-state index in [1.807, 2.05) is 24.3 Å². The summed E-state index contributed by atoms with van der Waals surface area (Å²) in [6, 6.07) is 12.0. The van der Waals surface area contributed by atoms with Crippen molar-refractivity contribution in [3.63, 3.8) is 0 Å². The molecule has 3 nitrogen and oxygen atoms in total. The third kappa shape index (κ3) is 2.27. The molecule has 0 aromatic heterocycles. The van der Waals surface area contributed by atoms with Gasteiger partial charge in [-0.05, 0) is 35.9 Å². The maximum absolute atomic E-state index is 12.1. The first-order valence-electron chi connectivity index (χ1n) is 5.66. The van der Waals surface area contributed by atoms with Crippen molar-refractivity contribution < 1.29 is 14.6 Å². The molecule has 1 aliphatic heterocycles. The van der Waals surface area contributed by atoms with Crippen LogP contribution in [0.3, 0.4) is 0 Å². The highest BCUT2D eigenvalue weighted by atomic mass is 79.9. The molecule has 0 unspecified atom stereocenters. The number of phenols is 1. The molecule has 0 spiro atoms. The average Bonchev–Trinajstić information content (AvgIpc) is 2.68. The first-order valence-corrected chi connectivity index (χ1v) is 6.45. The van der Waals surface area contributed by atoms with E-state index >= 15 is 0 Å². The van der Waals surface area contributed by atoms with Crippen LogP contribution < -0.4 is 4.74 Å². The van der Waals surface area contributed by atoms with Crippen molar-refractivity contribution in [1.29, 1.82) is 0 Å². The molecule has 4 heteroatoms. The molecule has 19 heavy (non-hydrogen) atoms. The molecule has 1 heterocycles. The van der Waals surface area contributed by atoms with Gasteiger partial charge in [0, 0.05) is 10.5 Å². The number of halogens is 1. The predicted octanol–water partition coefficient (Wildman–Crippen LogP) is 3.77. The van der Waals surface area contributed by atoms with Crippen molar-refractivity contribution in [2.75, 3.05) is 0 Å². The zero-order valence-corrected chi connectivity index (χ0v) is 11.3. The molecular weight excluding hydrogens is 308 g/mol. The van der Waals surface area contributed by atoms with Gasteiger partial charge in [0.05, 0.1) is 5.56 Å². The van der Waals surface area contributed by atoms with Crippen molar-refractivity contribution in [2.24, 2.45) is 0 Å². The summed E-state index contributed by atoms with van der Waals surface area (Å²) in [5.41, 5.74) is 1.35. The number of aromatic hydroxyl groups is 1.